The Kier molecular flexibility index (Phi) is 9.80. The third kappa shape index (κ3) is 6.73. The molecule has 0 aromatic rings. The standard InChI is InChI=1S/C24H52B2N4/c1-10-16-27-18-13-19-28(17-11-2)26(27)15-14-22-20-29(23(4,5)6)25(12-3)30(21-22)24(7,8)9/h22H,10-21H2,1-9H3. The fraction of sp³-hybridized carbons (Fsp3) is 1.00. The van der Waals surface area contributed by atoms with Gasteiger partial charge in [0.25, 0.3) is 0 Å². The molecular weight excluding hydrogens is 366 g/mol. The normalized spacial score (nSPS) is 22.3. The van der Waals surface area contributed by atoms with Gasteiger partial charge in [-0.25, -0.2) is 0 Å². The molecule has 0 aromatic heterocycles. The van der Waals surface area contributed by atoms with E-state index in [4.69, 9.17) is 0 Å². The van der Waals surface area contributed by atoms with E-state index < -0.39 is 0 Å². The van der Waals surface area contributed by atoms with Gasteiger partial charge in [-0.15, -0.1) is 0 Å². The molecule has 0 aliphatic carbocycles. The highest BCUT2D eigenvalue weighted by Gasteiger charge is 2.45. The smallest absolute Gasteiger partial charge is 0.311 e. The van der Waals surface area contributed by atoms with Crippen molar-refractivity contribution in [2.24, 2.45) is 5.92 Å². The zero-order valence-corrected chi connectivity index (χ0v) is 22.0. The van der Waals surface area contributed by atoms with Crippen LogP contribution in [0.3, 0.4) is 0 Å². The highest BCUT2D eigenvalue weighted by atomic mass is 15.3. The molecular formula is C24H52B2N4. The van der Waals surface area contributed by atoms with Crippen molar-refractivity contribution in [2.75, 3.05) is 39.3 Å². The first kappa shape index (κ1) is 26.2. The van der Waals surface area contributed by atoms with Crippen molar-refractivity contribution in [3.8, 4) is 0 Å². The highest BCUT2D eigenvalue weighted by Crippen LogP contribution is 2.33. The fourth-order valence-corrected chi connectivity index (χ4v) is 5.94. The van der Waals surface area contributed by atoms with Crippen LogP contribution in [-0.4, -0.2) is 83.6 Å². The average molecular weight is 418 g/mol. The summed E-state index contributed by atoms with van der Waals surface area (Å²) in [6, 6.07) is 0. The molecule has 2 heterocycles. The lowest BCUT2D eigenvalue weighted by Gasteiger charge is -2.55. The SMILES string of the molecule is CCCN1CCCN(CCC)B1CCC1CN(C(C)(C)C)B(CC)N(C(C)(C)C)C1. The molecule has 0 bridgehead atoms. The van der Waals surface area contributed by atoms with Crippen molar-refractivity contribution < 1.29 is 0 Å². The van der Waals surface area contributed by atoms with Crippen molar-refractivity contribution in [3.63, 3.8) is 0 Å². The van der Waals surface area contributed by atoms with Gasteiger partial charge in [-0.2, -0.15) is 0 Å². The van der Waals surface area contributed by atoms with Crippen LogP contribution in [0.25, 0.3) is 0 Å². The van der Waals surface area contributed by atoms with Crippen molar-refractivity contribution in [2.45, 2.75) is 112 Å². The molecule has 30 heavy (non-hydrogen) atoms. The number of hydrogen-bond donors (Lipinski definition) is 0. The largest absolute Gasteiger partial charge is 0.328 e. The summed E-state index contributed by atoms with van der Waals surface area (Å²) in [4.78, 5) is 11.2. The quantitative estimate of drug-likeness (QED) is 0.513. The Balaban J connectivity index is 2.14. The molecule has 6 heteroatoms. The van der Waals surface area contributed by atoms with Crippen LogP contribution in [-0.2, 0) is 0 Å². The minimum absolute atomic E-state index is 0.218. The molecule has 174 valence electrons. The third-order valence-corrected chi connectivity index (χ3v) is 7.31. The minimum atomic E-state index is 0.218. The second kappa shape index (κ2) is 11.2. The fourth-order valence-electron chi connectivity index (χ4n) is 5.94. The zero-order valence-electron chi connectivity index (χ0n) is 22.0. The Hall–Kier alpha value is -0.0301. The lowest BCUT2D eigenvalue weighted by molar-refractivity contribution is 0.0970. The van der Waals surface area contributed by atoms with E-state index in [0.717, 1.165) is 5.92 Å². The molecule has 2 rings (SSSR count). The van der Waals surface area contributed by atoms with Crippen LogP contribution >= 0.6 is 0 Å². The van der Waals surface area contributed by atoms with Gasteiger partial charge in [0.05, 0.1) is 0 Å². The van der Waals surface area contributed by atoms with Gasteiger partial charge in [-0.1, -0.05) is 27.2 Å². The van der Waals surface area contributed by atoms with Crippen molar-refractivity contribution in [1.29, 1.82) is 0 Å². The summed E-state index contributed by atoms with van der Waals surface area (Å²) in [7, 11) is 0. The second-order valence-corrected chi connectivity index (χ2v) is 11.9. The zero-order chi connectivity index (χ0) is 22.5. The van der Waals surface area contributed by atoms with Crippen LogP contribution in [0.2, 0.25) is 12.6 Å². The minimum Gasteiger partial charge on any atom is -0.328 e. The monoisotopic (exact) mass is 418 g/mol. The molecule has 0 saturated carbocycles. The van der Waals surface area contributed by atoms with Gasteiger partial charge < -0.3 is 19.2 Å². The first-order chi connectivity index (χ1) is 14.0. The molecule has 0 atom stereocenters. The van der Waals surface area contributed by atoms with Crippen LogP contribution in [0.1, 0.15) is 88.0 Å². The summed E-state index contributed by atoms with van der Waals surface area (Å²) in [5.41, 5.74) is 0.437. The lowest BCUT2D eigenvalue weighted by Crippen LogP contribution is -2.69. The summed E-state index contributed by atoms with van der Waals surface area (Å²) < 4.78 is 0. The molecule has 0 unspecified atom stereocenters. The predicted molar refractivity (Wildman–Crippen MR) is 136 cm³/mol. The topological polar surface area (TPSA) is 13.0 Å². The summed E-state index contributed by atoms with van der Waals surface area (Å²) in [5.74, 6) is 0.764. The summed E-state index contributed by atoms with van der Waals surface area (Å²) in [6.45, 7) is 30.3. The van der Waals surface area contributed by atoms with Crippen LogP contribution in [0.4, 0.5) is 0 Å². The van der Waals surface area contributed by atoms with E-state index in [9.17, 15) is 0 Å². The first-order valence-corrected chi connectivity index (χ1v) is 13.0. The summed E-state index contributed by atoms with van der Waals surface area (Å²) in [6.07, 6.45) is 7.77. The molecule has 2 aliphatic rings. The van der Waals surface area contributed by atoms with E-state index in [1.165, 1.54) is 77.6 Å². The Labute approximate surface area is 190 Å². The molecule has 4 nitrogen and oxygen atoms in total. The van der Waals surface area contributed by atoms with Crippen LogP contribution < -0.4 is 0 Å². The highest BCUT2D eigenvalue weighted by molar-refractivity contribution is 6.53. The summed E-state index contributed by atoms with van der Waals surface area (Å²) in [5, 5.41) is 0. The average Bonchev–Trinajstić information content (AvgIpc) is 2.65. The van der Waals surface area contributed by atoms with E-state index in [2.05, 4.69) is 81.6 Å². The van der Waals surface area contributed by atoms with Gasteiger partial charge in [0.15, 0.2) is 0 Å². The van der Waals surface area contributed by atoms with Gasteiger partial charge in [-0.05, 0) is 119 Å². The van der Waals surface area contributed by atoms with Gasteiger partial charge in [-0.3, -0.25) is 0 Å². The van der Waals surface area contributed by atoms with Gasteiger partial charge >= 0.3 is 14.0 Å². The summed E-state index contributed by atoms with van der Waals surface area (Å²) >= 11 is 0. The van der Waals surface area contributed by atoms with Gasteiger partial charge in [0, 0.05) is 11.1 Å². The van der Waals surface area contributed by atoms with Gasteiger partial charge in [0.1, 0.15) is 0 Å². The molecule has 0 spiro atoms. The maximum absolute atomic E-state index is 2.81. The van der Waals surface area contributed by atoms with E-state index in [1.54, 1.807) is 0 Å². The van der Waals surface area contributed by atoms with E-state index in [0.29, 0.717) is 14.0 Å². The maximum Gasteiger partial charge on any atom is 0.311 e. The van der Waals surface area contributed by atoms with Crippen LogP contribution in [0, 0.1) is 5.92 Å². The second-order valence-electron chi connectivity index (χ2n) is 11.9. The molecule has 0 radical (unpaired) electrons. The van der Waals surface area contributed by atoms with E-state index in [1.807, 2.05) is 0 Å². The molecule has 2 saturated heterocycles. The number of rotatable bonds is 8. The van der Waals surface area contributed by atoms with Crippen molar-refractivity contribution in [1.82, 2.24) is 19.2 Å². The van der Waals surface area contributed by atoms with E-state index >= 15 is 0 Å². The Morgan fingerprint density at radius 2 is 1.20 bits per heavy atom. The Morgan fingerprint density at radius 1 is 0.733 bits per heavy atom. The van der Waals surface area contributed by atoms with Crippen molar-refractivity contribution in [3.05, 3.63) is 0 Å². The predicted octanol–water partition coefficient (Wildman–Crippen LogP) is 5.03. The van der Waals surface area contributed by atoms with Crippen LogP contribution in [0.15, 0.2) is 0 Å². The van der Waals surface area contributed by atoms with Crippen molar-refractivity contribution >= 4 is 14.0 Å². The molecule has 0 N–H and O–H groups in total. The third-order valence-electron chi connectivity index (χ3n) is 7.31. The molecule has 0 amide bonds. The molecule has 2 fully saturated rings. The Bertz CT molecular complexity index is 460. The van der Waals surface area contributed by atoms with Crippen LogP contribution in [0.5, 0.6) is 0 Å². The molecule has 0 aromatic carbocycles. The maximum atomic E-state index is 2.81. The van der Waals surface area contributed by atoms with E-state index in [-0.39, 0.29) is 11.1 Å². The lowest BCUT2D eigenvalue weighted by atomic mass is 9.58. The van der Waals surface area contributed by atoms with Gasteiger partial charge in [0.2, 0.25) is 0 Å². The number of nitrogens with zero attached hydrogens (tertiary/aromatic N) is 4. The first-order valence-electron chi connectivity index (χ1n) is 13.0. The molecule has 2 aliphatic heterocycles. The number of hydrogen-bond acceptors (Lipinski definition) is 4. The Morgan fingerprint density at radius 3 is 1.57 bits per heavy atom.